The summed E-state index contributed by atoms with van der Waals surface area (Å²) in [6.07, 6.45) is 3.50. The molecule has 1 aliphatic heterocycles. The number of hydrazine groups is 1. The molecule has 0 bridgehead atoms. The summed E-state index contributed by atoms with van der Waals surface area (Å²) in [6, 6.07) is 13.7. The van der Waals surface area contributed by atoms with Crippen LogP contribution in [0.5, 0.6) is 0 Å². The van der Waals surface area contributed by atoms with Crippen molar-refractivity contribution in [1.82, 2.24) is 15.8 Å². The van der Waals surface area contributed by atoms with E-state index in [1.165, 1.54) is 18.2 Å². The zero-order valence-corrected chi connectivity index (χ0v) is 13.0. The smallest absolute Gasteiger partial charge is 0.135 e. The minimum Gasteiger partial charge on any atom is -0.320 e. The van der Waals surface area contributed by atoms with E-state index < -0.39 is 17.2 Å². The van der Waals surface area contributed by atoms with Crippen molar-refractivity contribution in [2.24, 2.45) is 0 Å². The van der Waals surface area contributed by atoms with Crippen LogP contribution < -0.4 is 10.9 Å². The monoisotopic (exact) mass is 323 g/mol. The molecule has 2 heterocycles. The van der Waals surface area contributed by atoms with Crippen molar-refractivity contribution in [3.63, 3.8) is 0 Å². The predicted octanol–water partition coefficient (Wildman–Crippen LogP) is 3.88. The number of nitrogens with one attached hydrogen (secondary N) is 2. The van der Waals surface area contributed by atoms with Crippen molar-refractivity contribution in [1.29, 1.82) is 0 Å². The Labute approximate surface area is 138 Å². The van der Waals surface area contributed by atoms with Crippen LogP contribution >= 0.6 is 0 Å². The Morgan fingerprint density at radius 1 is 0.958 bits per heavy atom. The van der Waals surface area contributed by atoms with E-state index >= 15 is 0 Å². The molecule has 0 saturated heterocycles. The third-order valence-electron chi connectivity index (χ3n) is 4.29. The number of fused-ring (bicyclic) bond motifs is 1. The molecule has 0 saturated carbocycles. The standard InChI is InChI=1S/C19H15F2N3/c1-19(18-13-6-3-2-5-12(13)9-10-22-18)11-16(23-24-19)17-14(20)7-4-8-15(17)21/h2-11,23-24H,1H3. The van der Waals surface area contributed by atoms with E-state index in [9.17, 15) is 8.78 Å². The minimum absolute atomic E-state index is 0.0750. The molecule has 3 nitrogen and oxygen atoms in total. The lowest BCUT2D eigenvalue weighted by molar-refractivity contribution is 0.447. The second kappa shape index (κ2) is 5.39. The van der Waals surface area contributed by atoms with Gasteiger partial charge >= 0.3 is 0 Å². The number of rotatable bonds is 2. The van der Waals surface area contributed by atoms with E-state index in [2.05, 4.69) is 15.8 Å². The van der Waals surface area contributed by atoms with Gasteiger partial charge in [-0.25, -0.2) is 14.2 Å². The molecular formula is C19H15F2N3. The van der Waals surface area contributed by atoms with Crippen LogP contribution in [0.4, 0.5) is 8.78 Å². The van der Waals surface area contributed by atoms with Crippen LogP contribution in [-0.4, -0.2) is 4.98 Å². The third-order valence-corrected chi connectivity index (χ3v) is 4.29. The zero-order chi connectivity index (χ0) is 16.7. The lowest BCUT2D eigenvalue weighted by atomic mass is 9.92. The predicted molar refractivity (Wildman–Crippen MR) is 89.7 cm³/mol. The average Bonchev–Trinajstić information content (AvgIpc) is 2.97. The van der Waals surface area contributed by atoms with Gasteiger partial charge in [0.1, 0.15) is 11.6 Å². The Morgan fingerprint density at radius 2 is 1.71 bits per heavy atom. The fourth-order valence-corrected chi connectivity index (χ4v) is 3.11. The van der Waals surface area contributed by atoms with Gasteiger partial charge in [-0.05, 0) is 36.6 Å². The van der Waals surface area contributed by atoms with Crippen LogP contribution in [0.2, 0.25) is 0 Å². The highest BCUT2D eigenvalue weighted by molar-refractivity contribution is 5.86. The Hall–Kier alpha value is -2.79. The quantitative estimate of drug-likeness (QED) is 0.751. The van der Waals surface area contributed by atoms with Crippen molar-refractivity contribution in [3.8, 4) is 0 Å². The number of hydrogen-bond acceptors (Lipinski definition) is 3. The number of halogens is 2. The van der Waals surface area contributed by atoms with Crippen LogP contribution in [0.3, 0.4) is 0 Å². The molecule has 0 radical (unpaired) electrons. The van der Waals surface area contributed by atoms with Gasteiger partial charge in [0.2, 0.25) is 0 Å². The molecule has 120 valence electrons. The van der Waals surface area contributed by atoms with Crippen LogP contribution in [0.15, 0.2) is 60.8 Å². The van der Waals surface area contributed by atoms with Crippen LogP contribution in [0.25, 0.3) is 16.5 Å². The Bertz CT molecular complexity index is 942. The molecule has 1 aliphatic rings. The van der Waals surface area contributed by atoms with Crippen molar-refractivity contribution in [2.75, 3.05) is 0 Å². The summed E-state index contributed by atoms with van der Waals surface area (Å²) in [7, 11) is 0. The molecule has 3 aromatic rings. The maximum absolute atomic E-state index is 14.0. The van der Waals surface area contributed by atoms with Crippen molar-refractivity contribution in [3.05, 3.63) is 83.7 Å². The summed E-state index contributed by atoms with van der Waals surface area (Å²) < 4.78 is 28.1. The lowest BCUT2D eigenvalue weighted by Gasteiger charge is -2.23. The third kappa shape index (κ3) is 2.25. The summed E-state index contributed by atoms with van der Waals surface area (Å²) in [4.78, 5) is 4.50. The molecule has 1 unspecified atom stereocenters. The molecule has 2 N–H and O–H groups in total. The maximum atomic E-state index is 14.0. The number of hydrogen-bond donors (Lipinski definition) is 2. The number of pyridine rings is 1. The van der Waals surface area contributed by atoms with Gasteiger partial charge in [0.15, 0.2) is 0 Å². The van der Waals surface area contributed by atoms with Gasteiger partial charge in [0.05, 0.1) is 22.5 Å². The molecule has 2 aromatic carbocycles. The molecule has 0 spiro atoms. The number of nitrogens with zero attached hydrogens (tertiary/aromatic N) is 1. The maximum Gasteiger partial charge on any atom is 0.135 e. The fraction of sp³-hybridized carbons (Fsp3) is 0.105. The first-order valence-electron chi connectivity index (χ1n) is 7.63. The van der Waals surface area contributed by atoms with E-state index in [1.807, 2.05) is 37.3 Å². The molecule has 0 aliphatic carbocycles. The highest BCUT2D eigenvalue weighted by Crippen LogP contribution is 2.34. The first kappa shape index (κ1) is 14.8. The molecular weight excluding hydrogens is 308 g/mol. The summed E-state index contributed by atoms with van der Waals surface area (Å²) in [6.45, 7) is 1.92. The van der Waals surface area contributed by atoms with E-state index in [-0.39, 0.29) is 5.56 Å². The van der Waals surface area contributed by atoms with E-state index in [1.54, 1.807) is 12.3 Å². The zero-order valence-electron chi connectivity index (χ0n) is 13.0. The van der Waals surface area contributed by atoms with Gasteiger partial charge in [0, 0.05) is 11.6 Å². The van der Waals surface area contributed by atoms with E-state index in [4.69, 9.17) is 0 Å². The SMILES string of the molecule is CC1(c2nccc3ccccc23)C=C(c2c(F)cccc2F)NN1. The first-order valence-corrected chi connectivity index (χ1v) is 7.63. The second-order valence-electron chi connectivity index (χ2n) is 5.99. The fourth-order valence-electron chi connectivity index (χ4n) is 3.11. The summed E-state index contributed by atoms with van der Waals surface area (Å²) in [5.74, 6) is -1.21. The highest BCUT2D eigenvalue weighted by atomic mass is 19.1. The average molecular weight is 323 g/mol. The molecule has 0 fully saturated rings. The summed E-state index contributed by atoms with van der Waals surface area (Å²) in [5.41, 5.74) is 6.40. The van der Waals surface area contributed by atoms with Crippen LogP contribution in [0.1, 0.15) is 18.2 Å². The molecule has 1 atom stereocenters. The van der Waals surface area contributed by atoms with Crippen molar-refractivity contribution < 1.29 is 8.78 Å². The largest absolute Gasteiger partial charge is 0.320 e. The summed E-state index contributed by atoms with van der Waals surface area (Å²) in [5, 5.41) is 2.05. The van der Waals surface area contributed by atoms with Gasteiger partial charge in [-0.2, -0.15) is 0 Å². The normalized spacial score (nSPS) is 20.0. The van der Waals surface area contributed by atoms with Crippen LogP contribution in [-0.2, 0) is 5.54 Å². The first-order chi connectivity index (χ1) is 11.6. The summed E-state index contributed by atoms with van der Waals surface area (Å²) >= 11 is 0. The minimum atomic E-state index is -0.690. The Balaban J connectivity index is 1.86. The molecule has 5 heteroatoms. The molecule has 24 heavy (non-hydrogen) atoms. The Kier molecular flexibility index (Phi) is 3.32. The molecule has 4 rings (SSSR count). The van der Waals surface area contributed by atoms with Gasteiger partial charge in [-0.15, -0.1) is 0 Å². The van der Waals surface area contributed by atoms with Gasteiger partial charge in [0.25, 0.3) is 0 Å². The number of benzene rings is 2. The Morgan fingerprint density at radius 3 is 2.50 bits per heavy atom. The van der Waals surface area contributed by atoms with Crippen molar-refractivity contribution >= 4 is 16.5 Å². The van der Waals surface area contributed by atoms with E-state index in [0.717, 1.165) is 16.5 Å². The van der Waals surface area contributed by atoms with Gasteiger partial charge < -0.3 is 5.43 Å². The lowest BCUT2D eigenvalue weighted by Crippen LogP contribution is -2.40. The highest BCUT2D eigenvalue weighted by Gasteiger charge is 2.34. The van der Waals surface area contributed by atoms with Gasteiger partial charge in [-0.3, -0.25) is 4.98 Å². The molecule has 0 amide bonds. The van der Waals surface area contributed by atoms with Crippen molar-refractivity contribution in [2.45, 2.75) is 12.5 Å². The van der Waals surface area contributed by atoms with Crippen LogP contribution in [0, 0.1) is 11.6 Å². The topological polar surface area (TPSA) is 37.0 Å². The second-order valence-corrected chi connectivity index (χ2v) is 5.99. The number of aromatic nitrogens is 1. The molecule has 1 aromatic heterocycles. The van der Waals surface area contributed by atoms with Gasteiger partial charge in [-0.1, -0.05) is 30.3 Å². The van der Waals surface area contributed by atoms with E-state index in [0.29, 0.717) is 5.70 Å².